The maximum absolute atomic E-state index is 11.2. The number of hydrogen-bond acceptors (Lipinski definition) is 1. The molecule has 1 aliphatic carbocycles. The highest BCUT2D eigenvalue weighted by Gasteiger charge is 2.53. The maximum atomic E-state index is 11.2. The Morgan fingerprint density at radius 2 is 1.85 bits per heavy atom. The molecule has 13 heavy (non-hydrogen) atoms. The van der Waals surface area contributed by atoms with Crippen LogP contribution in [0.2, 0.25) is 0 Å². The van der Waals surface area contributed by atoms with Gasteiger partial charge in [-0.1, -0.05) is 6.42 Å². The summed E-state index contributed by atoms with van der Waals surface area (Å²) in [7, 11) is 0. The van der Waals surface area contributed by atoms with Gasteiger partial charge in [0.05, 0.1) is 0 Å². The number of carbonyl (C=O) groups excluding carboxylic acids is 1. The van der Waals surface area contributed by atoms with Crippen molar-refractivity contribution >= 4 is 11.6 Å². The number of rotatable bonds is 0. The highest BCUT2D eigenvalue weighted by atomic mass is 16.2. The van der Waals surface area contributed by atoms with Gasteiger partial charge in [-0.15, -0.1) is 10.1 Å². The van der Waals surface area contributed by atoms with Crippen LogP contribution in [0.4, 0.5) is 0 Å². The van der Waals surface area contributed by atoms with Crippen molar-refractivity contribution in [3.63, 3.8) is 0 Å². The molecule has 0 aromatic carbocycles. The van der Waals surface area contributed by atoms with Gasteiger partial charge in [0.2, 0.25) is 0 Å². The van der Waals surface area contributed by atoms with Crippen LogP contribution in [0.3, 0.4) is 0 Å². The summed E-state index contributed by atoms with van der Waals surface area (Å²) in [6, 6.07) is 0. The fraction of sp³-hybridized carbons (Fsp3) is 0.800. The number of carbonyl (C=O) groups is 1. The molecule has 2 aliphatic rings. The van der Waals surface area contributed by atoms with Gasteiger partial charge in [0.1, 0.15) is 0 Å². The van der Waals surface area contributed by atoms with Crippen molar-refractivity contribution in [2.45, 2.75) is 51.5 Å². The van der Waals surface area contributed by atoms with Gasteiger partial charge in [0.15, 0.2) is 5.71 Å². The number of hydrogen-bond donors (Lipinski definition) is 1. The summed E-state index contributed by atoms with van der Waals surface area (Å²) in [6.07, 6.45) is 6.20. The summed E-state index contributed by atoms with van der Waals surface area (Å²) >= 11 is 0. The number of amides is 1. The molecule has 1 aliphatic heterocycles. The Labute approximate surface area is 78.8 Å². The molecule has 1 amide bonds. The molecule has 0 bridgehead atoms. The van der Waals surface area contributed by atoms with Crippen LogP contribution in [-0.4, -0.2) is 21.8 Å². The van der Waals surface area contributed by atoms with Crippen LogP contribution in [0.25, 0.3) is 0 Å². The molecule has 0 atom stereocenters. The molecule has 0 aromatic heterocycles. The zero-order valence-corrected chi connectivity index (χ0v) is 8.39. The zero-order chi connectivity index (χ0) is 9.47. The van der Waals surface area contributed by atoms with Gasteiger partial charge in [0, 0.05) is 26.7 Å². The number of hydrazine groups is 1. The molecular formula is C10H17N2O+. The van der Waals surface area contributed by atoms with Gasteiger partial charge in [0.25, 0.3) is 5.54 Å². The van der Waals surface area contributed by atoms with Crippen LogP contribution in [0.5, 0.6) is 0 Å². The van der Waals surface area contributed by atoms with Gasteiger partial charge in [-0.25, -0.2) is 0 Å². The van der Waals surface area contributed by atoms with Gasteiger partial charge in [-0.3, -0.25) is 4.79 Å². The molecule has 0 radical (unpaired) electrons. The molecule has 72 valence electrons. The van der Waals surface area contributed by atoms with E-state index in [9.17, 15) is 4.79 Å². The van der Waals surface area contributed by atoms with Crippen molar-refractivity contribution in [1.82, 2.24) is 5.43 Å². The number of nitrogens with zero attached hydrogens (tertiary/aromatic N) is 1. The first-order valence-corrected chi connectivity index (χ1v) is 5.08. The summed E-state index contributed by atoms with van der Waals surface area (Å²) in [5.74, 6) is 0.144. The number of hydrazone groups is 1. The summed E-state index contributed by atoms with van der Waals surface area (Å²) in [4.78, 5) is 11.2. The van der Waals surface area contributed by atoms with Crippen molar-refractivity contribution in [2.75, 3.05) is 0 Å². The standard InChI is InChI=1S/C10H16N2O/c1-10(2)9(13)11-12(10)8-6-4-3-5-7-8/h3-7H2,1-2H3/p+1. The van der Waals surface area contributed by atoms with E-state index in [2.05, 4.69) is 10.1 Å². The highest BCUT2D eigenvalue weighted by Crippen LogP contribution is 2.22. The molecule has 1 heterocycles. The minimum atomic E-state index is -0.299. The van der Waals surface area contributed by atoms with Crippen molar-refractivity contribution in [3.05, 3.63) is 0 Å². The van der Waals surface area contributed by atoms with Crippen LogP contribution in [0, 0.1) is 0 Å². The summed E-state index contributed by atoms with van der Waals surface area (Å²) in [5, 5.41) is 0. The van der Waals surface area contributed by atoms with Crippen molar-refractivity contribution in [1.29, 1.82) is 0 Å². The molecule has 1 N–H and O–H groups in total. The topological polar surface area (TPSA) is 32.1 Å². The zero-order valence-electron chi connectivity index (χ0n) is 8.39. The fourth-order valence-electron chi connectivity index (χ4n) is 2.08. The lowest BCUT2D eigenvalue weighted by Gasteiger charge is -2.31. The monoisotopic (exact) mass is 181 g/mol. The molecule has 3 heteroatoms. The average Bonchev–Trinajstić information content (AvgIpc) is 2.15. The fourth-order valence-corrected chi connectivity index (χ4v) is 2.08. The minimum absolute atomic E-state index is 0.144. The molecule has 1 saturated heterocycles. The predicted octanol–water partition coefficient (Wildman–Crippen LogP) is 1.23. The smallest absolute Gasteiger partial charge is 0.261 e. The summed E-state index contributed by atoms with van der Waals surface area (Å²) in [6.45, 7) is 3.96. The van der Waals surface area contributed by atoms with Crippen LogP contribution < -0.4 is 5.43 Å². The van der Waals surface area contributed by atoms with E-state index in [4.69, 9.17) is 0 Å². The van der Waals surface area contributed by atoms with E-state index in [1.807, 2.05) is 13.8 Å². The Bertz CT molecular complexity index is 271. The van der Waals surface area contributed by atoms with Gasteiger partial charge in [-0.05, 0) is 12.8 Å². The maximum Gasteiger partial charge on any atom is 0.347 e. The lowest BCUT2D eigenvalue weighted by Crippen LogP contribution is -2.69. The second kappa shape index (κ2) is 2.82. The van der Waals surface area contributed by atoms with Crippen LogP contribution in [0.15, 0.2) is 0 Å². The van der Waals surface area contributed by atoms with Gasteiger partial charge < -0.3 is 0 Å². The Hall–Kier alpha value is -0.860. The second-order valence-electron chi connectivity index (χ2n) is 4.46. The molecule has 1 saturated carbocycles. The van der Waals surface area contributed by atoms with E-state index in [1.165, 1.54) is 25.0 Å². The largest absolute Gasteiger partial charge is 0.347 e. The Balaban J connectivity index is 2.20. The third kappa shape index (κ3) is 1.26. The van der Waals surface area contributed by atoms with E-state index in [0.29, 0.717) is 0 Å². The lowest BCUT2D eigenvalue weighted by atomic mass is 9.94. The van der Waals surface area contributed by atoms with Crippen LogP contribution in [-0.2, 0) is 4.79 Å². The molecule has 0 aromatic rings. The van der Waals surface area contributed by atoms with E-state index < -0.39 is 0 Å². The summed E-state index contributed by atoms with van der Waals surface area (Å²) < 4.78 is 2.06. The molecule has 2 rings (SSSR count). The molecule has 0 unspecified atom stereocenters. The SMILES string of the molecule is CC1(C)C(=O)N[N+]1=C1CCCCC1. The molecule has 3 nitrogen and oxygen atoms in total. The Morgan fingerprint density at radius 3 is 2.31 bits per heavy atom. The van der Waals surface area contributed by atoms with E-state index in [-0.39, 0.29) is 11.4 Å². The molecule has 2 fully saturated rings. The van der Waals surface area contributed by atoms with E-state index in [1.54, 1.807) is 0 Å². The quantitative estimate of drug-likeness (QED) is 0.560. The van der Waals surface area contributed by atoms with Crippen LogP contribution >= 0.6 is 0 Å². The third-order valence-corrected chi connectivity index (χ3v) is 3.07. The average molecular weight is 181 g/mol. The molecular weight excluding hydrogens is 164 g/mol. The van der Waals surface area contributed by atoms with Gasteiger partial charge >= 0.3 is 5.91 Å². The predicted molar refractivity (Wildman–Crippen MR) is 50.6 cm³/mol. The van der Waals surface area contributed by atoms with Crippen molar-refractivity contribution in [2.24, 2.45) is 0 Å². The van der Waals surface area contributed by atoms with Crippen molar-refractivity contribution < 1.29 is 9.48 Å². The first-order chi connectivity index (χ1) is 6.12. The minimum Gasteiger partial charge on any atom is -0.261 e. The number of nitrogens with one attached hydrogen (secondary N) is 1. The first-order valence-electron chi connectivity index (χ1n) is 5.08. The third-order valence-electron chi connectivity index (χ3n) is 3.07. The van der Waals surface area contributed by atoms with Gasteiger partial charge in [-0.2, -0.15) is 0 Å². The molecule has 0 spiro atoms. The Kier molecular flexibility index (Phi) is 1.90. The van der Waals surface area contributed by atoms with Crippen molar-refractivity contribution in [3.8, 4) is 0 Å². The Morgan fingerprint density at radius 1 is 1.23 bits per heavy atom. The van der Waals surface area contributed by atoms with E-state index >= 15 is 0 Å². The summed E-state index contributed by atoms with van der Waals surface area (Å²) in [5.41, 5.74) is 3.97. The normalized spacial score (nSPS) is 26.8. The van der Waals surface area contributed by atoms with Crippen LogP contribution in [0.1, 0.15) is 46.0 Å². The first kappa shape index (κ1) is 8.73. The van der Waals surface area contributed by atoms with E-state index in [0.717, 1.165) is 12.8 Å². The second-order valence-corrected chi connectivity index (χ2v) is 4.46. The highest BCUT2D eigenvalue weighted by molar-refractivity contribution is 5.90. The lowest BCUT2D eigenvalue weighted by molar-refractivity contribution is -0.672.